The fourth-order valence-corrected chi connectivity index (χ4v) is 4.05. The average Bonchev–Trinajstić information content (AvgIpc) is 3.22. The maximum Gasteiger partial charge on any atom is 0.243 e. The lowest BCUT2D eigenvalue weighted by Gasteiger charge is -2.31. The molecule has 1 fully saturated rings. The van der Waals surface area contributed by atoms with Gasteiger partial charge in [-0.2, -0.15) is 10.2 Å². The van der Waals surface area contributed by atoms with Crippen LogP contribution in [-0.4, -0.2) is 41.1 Å². The van der Waals surface area contributed by atoms with Crippen LogP contribution in [0.4, 0.5) is 0 Å². The number of hydrogen-bond acceptors (Lipinski definition) is 5. The van der Waals surface area contributed by atoms with Gasteiger partial charge in [-0.25, -0.2) is 13.1 Å². The molecule has 8 nitrogen and oxygen atoms in total. The van der Waals surface area contributed by atoms with Gasteiger partial charge in [0.05, 0.1) is 11.9 Å². The molecule has 1 N–H and O–H groups in total. The molecule has 0 saturated carbocycles. The third-order valence-electron chi connectivity index (χ3n) is 4.37. The average molecular weight is 353 g/mol. The van der Waals surface area contributed by atoms with Crippen molar-refractivity contribution in [3.63, 3.8) is 0 Å². The first-order valence-electron chi connectivity index (χ1n) is 8.13. The molecule has 9 heteroatoms. The highest BCUT2D eigenvalue weighted by Crippen LogP contribution is 2.33. The second-order valence-electron chi connectivity index (χ2n) is 5.96. The van der Waals surface area contributed by atoms with E-state index in [1.807, 2.05) is 20.0 Å². The fraction of sp³-hybridized carbons (Fsp3) is 0.600. The first kappa shape index (κ1) is 17.1. The van der Waals surface area contributed by atoms with E-state index in [-0.39, 0.29) is 16.9 Å². The van der Waals surface area contributed by atoms with Gasteiger partial charge in [-0.1, -0.05) is 0 Å². The zero-order valence-electron chi connectivity index (χ0n) is 13.9. The van der Waals surface area contributed by atoms with Crippen molar-refractivity contribution in [3.8, 4) is 0 Å². The molecule has 0 radical (unpaired) electrons. The van der Waals surface area contributed by atoms with Crippen LogP contribution in [0.5, 0.6) is 0 Å². The number of ether oxygens (including phenoxy) is 1. The van der Waals surface area contributed by atoms with Crippen molar-refractivity contribution in [3.05, 3.63) is 30.4 Å². The van der Waals surface area contributed by atoms with E-state index in [9.17, 15) is 8.42 Å². The highest BCUT2D eigenvalue weighted by Gasteiger charge is 2.30. The number of rotatable bonds is 6. The molecule has 1 aliphatic heterocycles. The smallest absolute Gasteiger partial charge is 0.243 e. The Labute approximate surface area is 141 Å². The molecule has 1 aliphatic rings. The largest absolute Gasteiger partial charge is 0.372 e. The van der Waals surface area contributed by atoms with E-state index in [4.69, 9.17) is 4.74 Å². The van der Waals surface area contributed by atoms with Crippen LogP contribution in [0.1, 0.15) is 31.6 Å². The molecule has 3 rings (SSSR count). The predicted octanol–water partition coefficient (Wildman–Crippen LogP) is 1.08. The minimum Gasteiger partial charge on any atom is -0.372 e. The summed E-state index contributed by atoms with van der Waals surface area (Å²) in [6.45, 7) is 3.56. The maximum atomic E-state index is 12.4. The summed E-state index contributed by atoms with van der Waals surface area (Å²) < 4.78 is 36.9. The van der Waals surface area contributed by atoms with Crippen LogP contribution in [0.2, 0.25) is 0 Å². The SMILES string of the molecule is CCn1cc(S(=O)(=O)NC[C@@H]2CCCO[C@H]2c2ccnn2C)cn1. The molecule has 0 bridgehead atoms. The molecule has 2 aromatic heterocycles. The van der Waals surface area contributed by atoms with Crippen molar-refractivity contribution < 1.29 is 13.2 Å². The molecule has 2 aromatic rings. The monoisotopic (exact) mass is 353 g/mol. The van der Waals surface area contributed by atoms with Crippen LogP contribution in [0.25, 0.3) is 0 Å². The Hall–Kier alpha value is -1.71. The zero-order valence-corrected chi connectivity index (χ0v) is 14.7. The van der Waals surface area contributed by atoms with Crippen molar-refractivity contribution in [1.82, 2.24) is 24.3 Å². The van der Waals surface area contributed by atoms with Crippen LogP contribution in [0.3, 0.4) is 0 Å². The Morgan fingerprint density at radius 3 is 2.92 bits per heavy atom. The number of aromatic nitrogens is 4. The summed E-state index contributed by atoms with van der Waals surface area (Å²) in [7, 11) is -1.69. The van der Waals surface area contributed by atoms with Gasteiger partial charge in [0.2, 0.25) is 10.0 Å². The van der Waals surface area contributed by atoms with Gasteiger partial charge >= 0.3 is 0 Å². The van der Waals surface area contributed by atoms with Crippen LogP contribution < -0.4 is 4.72 Å². The number of sulfonamides is 1. The van der Waals surface area contributed by atoms with E-state index in [1.165, 1.54) is 12.4 Å². The number of nitrogens with one attached hydrogen (secondary N) is 1. The van der Waals surface area contributed by atoms with E-state index < -0.39 is 10.0 Å². The molecule has 0 amide bonds. The van der Waals surface area contributed by atoms with E-state index in [2.05, 4.69) is 14.9 Å². The van der Waals surface area contributed by atoms with Crippen molar-refractivity contribution >= 4 is 10.0 Å². The first-order valence-corrected chi connectivity index (χ1v) is 9.61. The molecule has 24 heavy (non-hydrogen) atoms. The van der Waals surface area contributed by atoms with Gasteiger partial charge in [0.15, 0.2) is 0 Å². The zero-order chi connectivity index (χ0) is 17.2. The summed E-state index contributed by atoms with van der Waals surface area (Å²) in [6.07, 6.45) is 6.34. The van der Waals surface area contributed by atoms with Gasteiger partial charge < -0.3 is 4.74 Å². The standard InChI is InChI=1S/C15H23N5O3S/c1-3-20-11-13(10-17-20)24(21,22)18-9-12-5-4-8-23-15(12)14-6-7-16-19(14)2/h6-7,10-12,15,18H,3-5,8-9H2,1-2H3/t12-,15+/m0/s1. The fourth-order valence-electron chi connectivity index (χ4n) is 3.00. The number of hydrogen-bond donors (Lipinski definition) is 1. The molecule has 132 valence electrons. The van der Waals surface area contributed by atoms with Gasteiger partial charge in [0.25, 0.3) is 0 Å². The number of nitrogens with zero attached hydrogens (tertiary/aromatic N) is 4. The van der Waals surface area contributed by atoms with Gasteiger partial charge in [0, 0.05) is 45.1 Å². The molecule has 0 aromatic carbocycles. The molecular weight excluding hydrogens is 330 g/mol. The van der Waals surface area contributed by atoms with Crippen LogP contribution in [0.15, 0.2) is 29.6 Å². The molecule has 0 spiro atoms. The lowest BCUT2D eigenvalue weighted by atomic mass is 9.92. The molecule has 2 atom stereocenters. The van der Waals surface area contributed by atoms with Crippen molar-refractivity contribution in [2.24, 2.45) is 13.0 Å². The van der Waals surface area contributed by atoms with E-state index >= 15 is 0 Å². The van der Waals surface area contributed by atoms with Crippen LogP contribution >= 0.6 is 0 Å². The Kier molecular flexibility index (Phi) is 5.02. The Balaban J connectivity index is 1.70. The third-order valence-corrected chi connectivity index (χ3v) is 5.75. The summed E-state index contributed by atoms with van der Waals surface area (Å²) in [6, 6.07) is 1.92. The summed E-state index contributed by atoms with van der Waals surface area (Å²) >= 11 is 0. The minimum atomic E-state index is -3.56. The molecular formula is C15H23N5O3S. The minimum absolute atomic E-state index is 0.0742. The normalized spacial score (nSPS) is 21.9. The summed E-state index contributed by atoms with van der Waals surface area (Å²) in [5.41, 5.74) is 0.970. The summed E-state index contributed by atoms with van der Waals surface area (Å²) in [5.74, 6) is 0.0742. The second kappa shape index (κ2) is 7.04. The van der Waals surface area contributed by atoms with E-state index in [0.29, 0.717) is 19.7 Å². The van der Waals surface area contributed by atoms with Gasteiger partial charge in [-0.15, -0.1) is 0 Å². The van der Waals surface area contributed by atoms with E-state index in [0.717, 1.165) is 18.5 Å². The Morgan fingerprint density at radius 2 is 2.25 bits per heavy atom. The highest BCUT2D eigenvalue weighted by atomic mass is 32.2. The van der Waals surface area contributed by atoms with Crippen molar-refractivity contribution in [2.45, 2.75) is 37.3 Å². The van der Waals surface area contributed by atoms with Crippen molar-refractivity contribution in [2.75, 3.05) is 13.2 Å². The van der Waals surface area contributed by atoms with Gasteiger partial charge in [-0.3, -0.25) is 9.36 Å². The predicted molar refractivity (Wildman–Crippen MR) is 87.7 cm³/mol. The topological polar surface area (TPSA) is 91.0 Å². The quantitative estimate of drug-likeness (QED) is 0.839. The van der Waals surface area contributed by atoms with Gasteiger partial charge in [0.1, 0.15) is 11.0 Å². The Bertz CT molecular complexity index is 783. The lowest BCUT2D eigenvalue weighted by Crippen LogP contribution is -2.35. The maximum absolute atomic E-state index is 12.4. The highest BCUT2D eigenvalue weighted by molar-refractivity contribution is 7.89. The second-order valence-corrected chi connectivity index (χ2v) is 7.72. The molecule has 0 unspecified atom stereocenters. The first-order chi connectivity index (χ1) is 11.5. The van der Waals surface area contributed by atoms with E-state index in [1.54, 1.807) is 15.6 Å². The summed E-state index contributed by atoms with van der Waals surface area (Å²) in [4.78, 5) is 0.193. The Morgan fingerprint density at radius 1 is 1.42 bits per heavy atom. The molecule has 0 aliphatic carbocycles. The lowest BCUT2D eigenvalue weighted by molar-refractivity contribution is -0.0307. The summed E-state index contributed by atoms with van der Waals surface area (Å²) in [5, 5.41) is 8.21. The number of aryl methyl sites for hydroxylation is 2. The van der Waals surface area contributed by atoms with Crippen LogP contribution in [-0.2, 0) is 28.4 Å². The van der Waals surface area contributed by atoms with Crippen molar-refractivity contribution in [1.29, 1.82) is 0 Å². The van der Waals surface area contributed by atoms with Crippen LogP contribution in [0, 0.1) is 5.92 Å². The van der Waals surface area contributed by atoms with Gasteiger partial charge in [-0.05, 0) is 25.8 Å². The third kappa shape index (κ3) is 3.52. The molecule has 1 saturated heterocycles. The molecule has 3 heterocycles.